The van der Waals surface area contributed by atoms with E-state index in [4.69, 9.17) is 9.73 Å². The van der Waals surface area contributed by atoms with Crippen LogP contribution in [-0.2, 0) is 6.54 Å². The van der Waals surface area contributed by atoms with Gasteiger partial charge in [0.05, 0.1) is 13.2 Å². The van der Waals surface area contributed by atoms with Gasteiger partial charge in [0.15, 0.2) is 5.96 Å². The maximum atomic E-state index is 5.69. The summed E-state index contributed by atoms with van der Waals surface area (Å²) in [4.78, 5) is 11.6. The lowest BCUT2D eigenvalue weighted by Gasteiger charge is -2.24. The molecular weight excluding hydrogens is 453 g/mol. The van der Waals surface area contributed by atoms with Crippen molar-refractivity contribution >= 4 is 29.9 Å². The summed E-state index contributed by atoms with van der Waals surface area (Å²) in [5.74, 6) is 2.35. The molecule has 27 heavy (non-hydrogen) atoms. The van der Waals surface area contributed by atoms with Crippen molar-refractivity contribution in [2.24, 2.45) is 10.9 Å². The average molecular weight is 487 g/mol. The first kappa shape index (κ1) is 22.2. The van der Waals surface area contributed by atoms with Crippen molar-refractivity contribution in [3.05, 3.63) is 23.9 Å². The molecule has 2 aliphatic rings. The van der Waals surface area contributed by atoms with Gasteiger partial charge in [0.2, 0.25) is 5.88 Å². The lowest BCUT2D eigenvalue weighted by molar-refractivity contribution is 0.267. The topological polar surface area (TPSA) is 61.8 Å². The summed E-state index contributed by atoms with van der Waals surface area (Å²) in [6, 6.07) is 4.62. The Labute approximate surface area is 180 Å². The number of rotatable bonds is 9. The lowest BCUT2D eigenvalue weighted by Crippen LogP contribution is -2.44. The summed E-state index contributed by atoms with van der Waals surface area (Å²) in [7, 11) is 0. The Balaban J connectivity index is 0.00000261. The molecule has 2 fully saturated rings. The van der Waals surface area contributed by atoms with Crippen LogP contribution in [0.3, 0.4) is 0 Å². The monoisotopic (exact) mass is 487 g/mol. The van der Waals surface area contributed by atoms with Crippen molar-refractivity contribution in [1.29, 1.82) is 0 Å². The van der Waals surface area contributed by atoms with Crippen LogP contribution in [0.25, 0.3) is 0 Å². The molecule has 3 rings (SSSR count). The Bertz CT molecular complexity index is 576. The standard InChI is InChI=1S/C20H33N5O.HI/c1-3-21-20(24-14-18-6-5-11-25(18)4-2)23-13-17-9-10-19(22-12-17)26-15-16-7-8-16;/h9-10,12,16,18H,3-8,11,13-15H2,1-2H3,(H2,21,23,24);1H. The Morgan fingerprint density at radius 1 is 1.26 bits per heavy atom. The Morgan fingerprint density at radius 3 is 2.78 bits per heavy atom. The minimum absolute atomic E-state index is 0. The molecular formula is C20H34IN5O. The molecule has 0 radical (unpaired) electrons. The molecule has 7 heteroatoms. The van der Waals surface area contributed by atoms with Gasteiger partial charge in [-0.05, 0) is 57.2 Å². The summed E-state index contributed by atoms with van der Waals surface area (Å²) < 4.78 is 5.69. The smallest absolute Gasteiger partial charge is 0.213 e. The molecule has 1 saturated heterocycles. The highest BCUT2D eigenvalue weighted by atomic mass is 127. The zero-order valence-electron chi connectivity index (χ0n) is 16.6. The van der Waals surface area contributed by atoms with E-state index in [0.29, 0.717) is 12.6 Å². The van der Waals surface area contributed by atoms with E-state index < -0.39 is 0 Å². The first-order valence-electron chi connectivity index (χ1n) is 10.1. The summed E-state index contributed by atoms with van der Waals surface area (Å²) in [5, 5.41) is 6.84. The number of aromatic nitrogens is 1. The quantitative estimate of drug-likeness (QED) is 0.319. The fourth-order valence-corrected chi connectivity index (χ4v) is 3.35. The number of nitrogens with one attached hydrogen (secondary N) is 2. The molecule has 1 aromatic rings. The molecule has 0 spiro atoms. The number of halogens is 1. The minimum Gasteiger partial charge on any atom is -0.477 e. The van der Waals surface area contributed by atoms with Gasteiger partial charge < -0.3 is 15.4 Å². The van der Waals surface area contributed by atoms with Crippen molar-refractivity contribution in [2.75, 3.05) is 32.8 Å². The van der Waals surface area contributed by atoms with Gasteiger partial charge >= 0.3 is 0 Å². The van der Waals surface area contributed by atoms with Crippen LogP contribution in [0.5, 0.6) is 5.88 Å². The van der Waals surface area contributed by atoms with E-state index in [9.17, 15) is 0 Å². The van der Waals surface area contributed by atoms with E-state index in [1.807, 2.05) is 12.3 Å². The predicted octanol–water partition coefficient (Wildman–Crippen LogP) is 3.03. The van der Waals surface area contributed by atoms with Crippen LogP contribution < -0.4 is 15.4 Å². The van der Waals surface area contributed by atoms with Crippen LogP contribution in [0.2, 0.25) is 0 Å². The molecule has 1 aliphatic heterocycles. The third-order valence-electron chi connectivity index (χ3n) is 5.14. The maximum absolute atomic E-state index is 5.69. The third-order valence-corrected chi connectivity index (χ3v) is 5.14. The summed E-state index contributed by atoms with van der Waals surface area (Å²) >= 11 is 0. The van der Waals surface area contributed by atoms with E-state index >= 15 is 0 Å². The second kappa shape index (κ2) is 11.7. The largest absolute Gasteiger partial charge is 0.477 e. The Hall–Kier alpha value is -1.09. The zero-order chi connectivity index (χ0) is 18.2. The number of likely N-dealkylation sites (tertiary alicyclic amines) is 1. The summed E-state index contributed by atoms with van der Waals surface area (Å²) in [5.41, 5.74) is 1.09. The Morgan fingerprint density at radius 2 is 2.11 bits per heavy atom. The molecule has 6 nitrogen and oxygen atoms in total. The van der Waals surface area contributed by atoms with Crippen LogP contribution in [0, 0.1) is 5.92 Å². The van der Waals surface area contributed by atoms with Crippen molar-refractivity contribution in [3.8, 4) is 5.88 Å². The normalized spacial score (nSPS) is 20.2. The first-order chi connectivity index (χ1) is 12.8. The van der Waals surface area contributed by atoms with Crippen LogP contribution in [-0.4, -0.2) is 54.7 Å². The lowest BCUT2D eigenvalue weighted by atomic mass is 10.2. The molecule has 0 bridgehead atoms. The van der Waals surface area contributed by atoms with Gasteiger partial charge in [-0.2, -0.15) is 0 Å². The first-order valence-corrected chi connectivity index (χ1v) is 10.1. The number of likely N-dealkylation sites (N-methyl/N-ethyl adjacent to an activating group) is 1. The maximum Gasteiger partial charge on any atom is 0.213 e. The van der Waals surface area contributed by atoms with Gasteiger partial charge in [-0.1, -0.05) is 13.0 Å². The SMILES string of the molecule is CCNC(=NCc1ccc(OCC2CC2)nc1)NCC1CCCN1CC.I. The van der Waals surface area contributed by atoms with Crippen molar-refractivity contribution in [3.63, 3.8) is 0 Å². The molecule has 1 unspecified atom stereocenters. The summed E-state index contributed by atoms with van der Waals surface area (Å²) in [6.45, 7) is 9.91. The van der Waals surface area contributed by atoms with Crippen LogP contribution in [0.15, 0.2) is 23.3 Å². The fraction of sp³-hybridized carbons (Fsp3) is 0.700. The summed E-state index contributed by atoms with van der Waals surface area (Å²) in [6.07, 6.45) is 7.03. The Kier molecular flexibility index (Phi) is 9.61. The second-order valence-corrected chi connectivity index (χ2v) is 7.26. The van der Waals surface area contributed by atoms with Crippen LogP contribution in [0.1, 0.15) is 45.1 Å². The zero-order valence-corrected chi connectivity index (χ0v) is 18.9. The van der Waals surface area contributed by atoms with Gasteiger partial charge in [0, 0.05) is 31.4 Å². The average Bonchev–Trinajstić information content (AvgIpc) is 3.39. The van der Waals surface area contributed by atoms with E-state index in [1.54, 1.807) is 0 Å². The van der Waals surface area contributed by atoms with Gasteiger partial charge in [0.1, 0.15) is 0 Å². The van der Waals surface area contributed by atoms with Gasteiger partial charge in [0.25, 0.3) is 0 Å². The molecule has 2 heterocycles. The molecule has 152 valence electrons. The molecule has 2 N–H and O–H groups in total. The van der Waals surface area contributed by atoms with Gasteiger partial charge in [-0.15, -0.1) is 24.0 Å². The number of hydrogen-bond acceptors (Lipinski definition) is 4. The number of hydrogen-bond donors (Lipinski definition) is 2. The molecule has 1 aromatic heterocycles. The highest BCUT2D eigenvalue weighted by Gasteiger charge is 2.23. The van der Waals surface area contributed by atoms with Crippen LogP contribution in [0.4, 0.5) is 0 Å². The number of aliphatic imine (C=N–C) groups is 1. The third kappa shape index (κ3) is 7.44. The van der Waals surface area contributed by atoms with Crippen molar-refractivity contribution in [1.82, 2.24) is 20.5 Å². The molecule has 0 amide bonds. The number of ether oxygens (including phenoxy) is 1. The second-order valence-electron chi connectivity index (χ2n) is 7.26. The van der Waals surface area contributed by atoms with E-state index in [2.05, 4.69) is 40.4 Å². The van der Waals surface area contributed by atoms with E-state index in [1.165, 1.54) is 32.2 Å². The minimum atomic E-state index is 0. The number of guanidine groups is 1. The van der Waals surface area contributed by atoms with E-state index in [0.717, 1.165) is 49.6 Å². The van der Waals surface area contributed by atoms with Gasteiger partial charge in [-0.3, -0.25) is 4.90 Å². The van der Waals surface area contributed by atoms with Crippen molar-refractivity contribution in [2.45, 2.75) is 52.1 Å². The van der Waals surface area contributed by atoms with Crippen molar-refractivity contribution < 1.29 is 4.74 Å². The molecule has 1 aliphatic carbocycles. The molecule has 1 atom stereocenters. The number of nitrogens with zero attached hydrogens (tertiary/aromatic N) is 3. The fourth-order valence-electron chi connectivity index (χ4n) is 3.35. The van der Waals surface area contributed by atoms with E-state index in [-0.39, 0.29) is 24.0 Å². The van der Waals surface area contributed by atoms with Gasteiger partial charge in [-0.25, -0.2) is 9.98 Å². The number of pyridine rings is 1. The highest BCUT2D eigenvalue weighted by Crippen LogP contribution is 2.29. The molecule has 1 saturated carbocycles. The molecule has 0 aromatic carbocycles. The highest BCUT2D eigenvalue weighted by molar-refractivity contribution is 14.0. The predicted molar refractivity (Wildman–Crippen MR) is 121 cm³/mol. The van der Waals surface area contributed by atoms with Crippen LogP contribution >= 0.6 is 24.0 Å².